The van der Waals surface area contributed by atoms with Gasteiger partial charge in [0.05, 0.1) is 24.3 Å². The van der Waals surface area contributed by atoms with Crippen LogP contribution in [0, 0.1) is 6.92 Å². The van der Waals surface area contributed by atoms with Crippen LogP contribution in [0.5, 0.6) is 5.75 Å². The Hall–Kier alpha value is -2.66. The molecule has 0 aliphatic carbocycles. The second kappa shape index (κ2) is 6.62. The Balaban J connectivity index is 1.48. The summed E-state index contributed by atoms with van der Waals surface area (Å²) in [6.45, 7) is 2.66. The summed E-state index contributed by atoms with van der Waals surface area (Å²) >= 11 is 0. The number of carbonyl (C=O) groups excluding carboxylic acids is 2. The first-order valence-electron chi connectivity index (χ1n) is 7.47. The van der Waals surface area contributed by atoms with Crippen LogP contribution in [0.2, 0.25) is 0 Å². The van der Waals surface area contributed by atoms with E-state index in [4.69, 9.17) is 9.57 Å². The van der Waals surface area contributed by atoms with Crippen molar-refractivity contribution in [2.45, 2.75) is 13.3 Å². The van der Waals surface area contributed by atoms with Crippen molar-refractivity contribution in [2.75, 3.05) is 13.2 Å². The lowest BCUT2D eigenvalue weighted by Crippen LogP contribution is -2.30. The number of hydrogen-bond acceptors (Lipinski definition) is 4. The third-order valence-electron chi connectivity index (χ3n) is 3.62. The van der Waals surface area contributed by atoms with Crippen molar-refractivity contribution in [3.8, 4) is 5.75 Å². The molecule has 23 heavy (non-hydrogen) atoms. The van der Waals surface area contributed by atoms with Gasteiger partial charge in [-0.1, -0.05) is 30.3 Å². The first-order chi connectivity index (χ1) is 11.2. The average molecular weight is 311 g/mol. The summed E-state index contributed by atoms with van der Waals surface area (Å²) in [5.74, 6) is 0.00377. The van der Waals surface area contributed by atoms with Crippen LogP contribution in [0.1, 0.15) is 32.7 Å². The summed E-state index contributed by atoms with van der Waals surface area (Å²) in [4.78, 5) is 29.5. The van der Waals surface area contributed by atoms with Crippen LogP contribution in [-0.4, -0.2) is 30.1 Å². The zero-order valence-corrected chi connectivity index (χ0v) is 12.8. The molecule has 0 radical (unpaired) electrons. The monoisotopic (exact) mass is 311 g/mol. The highest BCUT2D eigenvalue weighted by Crippen LogP contribution is 2.22. The maximum absolute atomic E-state index is 12.1. The maximum Gasteiger partial charge on any atom is 0.285 e. The Morgan fingerprint density at radius 2 is 1.48 bits per heavy atom. The van der Waals surface area contributed by atoms with Gasteiger partial charge in [-0.05, 0) is 30.7 Å². The molecule has 3 rings (SSSR count). The van der Waals surface area contributed by atoms with E-state index in [2.05, 4.69) is 0 Å². The van der Waals surface area contributed by atoms with E-state index in [1.807, 2.05) is 31.2 Å². The number of fused-ring (bicyclic) bond motifs is 1. The molecule has 0 saturated carbocycles. The zero-order chi connectivity index (χ0) is 16.2. The standard InChI is InChI=1S/C18H17NO4/c1-13-7-2-5-10-16(13)22-11-6-12-23-19-17(20)14-8-3-4-9-15(14)18(19)21/h2-5,7-10H,6,11-12H2,1H3. The van der Waals surface area contributed by atoms with E-state index < -0.39 is 11.8 Å². The number of rotatable bonds is 6. The molecule has 1 aliphatic rings. The molecule has 5 nitrogen and oxygen atoms in total. The molecule has 0 atom stereocenters. The number of imide groups is 1. The minimum Gasteiger partial charge on any atom is -0.493 e. The van der Waals surface area contributed by atoms with Gasteiger partial charge in [0.1, 0.15) is 5.75 Å². The molecule has 0 fully saturated rings. The highest BCUT2D eigenvalue weighted by molar-refractivity contribution is 6.20. The Labute approximate surface area is 134 Å². The van der Waals surface area contributed by atoms with Crippen molar-refractivity contribution in [3.63, 3.8) is 0 Å². The quantitative estimate of drug-likeness (QED) is 0.608. The van der Waals surface area contributed by atoms with Gasteiger partial charge in [-0.3, -0.25) is 14.4 Å². The number of amides is 2. The van der Waals surface area contributed by atoms with E-state index in [0.29, 0.717) is 24.2 Å². The third kappa shape index (κ3) is 3.10. The van der Waals surface area contributed by atoms with Gasteiger partial charge in [0.2, 0.25) is 0 Å². The second-order valence-corrected chi connectivity index (χ2v) is 5.25. The number of nitrogens with zero attached hydrogens (tertiary/aromatic N) is 1. The summed E-state index contributed by atoms with van der Waals surface area (Å²) in [6.07, 6.45) is 0.571. The Kier molecular flexibility index (Phi) is 4.39. The van der Waals surface area contributed by atoms with Crippen LogP contribution in [-0.2, 0) is 4.84 Å². The molecule has 2 aromatic rings. The predicted octanol–water partition coefficient (Wildman–Crippen LogP) is 2.99. The van der Waals surface area contributed by atoms with Crippen LogP contribution in [0.15, 0.2) is 48.5 Å². The number of aryl methyl sites for hydroxylation is 1. The Morgan fingerprint density at radius 3 is 2.13 bits per heavy atom. The van der Waals surface area contributed by atoms with Crippen LogP contribution >= 0.6 is 0 Å². The van der Waals surface area contributed by atoms with Gasteiger partial charge in [-0.2, -0.15) is 0 Å². The third-order valence-corrected chi connectivity index (χ3v) is 3.62. The molecule has 5 heteroatoms. The van der Waals surface area contributed by atoms with E-state index in [0.717, 1.165) is 16.4 Å². The topological polar surface area (TPSA) is 55.8 Å². The molecule has 1 aliphatic heterocycles. The van der Waals surface area contributed by atoms with E-state index in [1.54, 1.807) is 24.3 Å². The molecule has 0 bridgehead atoms. The van der Waals surface area contributed by atoms with E-state index in [9.17, 15) is 9.59 Å². The van der Waals surface area contributed by atoms with Crippen LogP contribution < -0.4 is 4.74 Å². The van der Waals surface area contributed by atoms with E-state index in [-0.39, 0.29) is 6.61 Å². The molecule has 2 amide bonds. The fraction of sp³-hybridized carbons (Fsp3) is 0.222. The highest BCUT2D eigenvalue weighted by Gasteiger charge is 2.36. The van der Waals surface area contributed by atoms with Gasteiger partial charge in [0.25, 0.3) is 11.8 Å². The normalized spacial score (nSPS) is 13.3. The van der Waals surface area contributed by atoms with E-state index in [1.165, 1.54) is 0 Å². The summed E-state index contributed by atoms with van der Waals surface area (Å²) in [6, 6.07) is 14.4. The summed E-state index contributed by atoms with van der Waals surface area (Å²) < 4.78 is 5.65. The number of para-hydroxylation sites is 1. The van der Waals surface area contributed by atoms with Gasteiger partial charge >= 0.3 is 0 Å². The van der Waals surface area contributed by atoms with Gasteiger partial charge < -0.3 is 4.74 Å². The maximum atomic E-state index is 12.1. The molecule has 0 unspecified atom stereocenters. The van der Waals surface area contributed by atoms with Crippen LogP contribution in [0.25, 0.3) is 0 Å². The molecular weight excluding hydrogens is 294 g/mol. The van der Waals surface area contributed by atoms with Gasteiger partial charge in [-0.15, -0.1) is 5.06 Å². The summed E-state index contributed by atoms with van der Waals surface area (Å²) in [7, 11) is 0. The number of carbonyl (C=O) groups is 2. The molecule has 2 aromatic carbocycles. The largest absolute Gasteiger partial charge is 0.493 e. The van der Waals surface area contributed by atoms with Gasteiger partial charge in [0.15, 0.2) is 0 Å². The first-order valence-corrected chi connectivity index (χ1v) is 7.47. The zero-order valence-electron chi connectivity index (χ0n) is 12.8. The SMILES string of the molecule is Cc1ccccc1OCCCON1C(=O)c2ccccc2C1=O. The molecular formula is C18H17NO4. The predicted molar refractivity (Wildman–Crippen MR) is 84.2 cm³/mol. The van der Waals surface area contributed by atoms with Crippen molar-refractivity contribution < 1.29 is 19.2 Å². The average Bonchev–Trinajstić information content (AvgIpc) is 2.81. The minimum absolute atomic E-state index is 0.233. The van der Waals surface area contributed by atoms with Crippen LogP contribution in [0.4, 0.5) is 0 Å². The lowest BCUT2D eigenvalue weighted by Gasteiger charge is -2.14. The number of hydroxylamine groups is 2. The fourth-order valence-electron chi connectivity index (χ4n) is 2.40. The van der Waals surface area contributed by atoms with E-state index >= 15 is 0 Å². The lowest BCUT2D eigenvalue weighted by atomic mass is 10.1. The van der Waals surface area contributed by atoms with Crippen LogP contribution in [0.3, 0.4) is 0 Å². The smallest absolute Gasteiger partial charge is 0.285 e. The second-order valence-electron chi connectivity index (χ2n) is 5.25. The van der Waals surface area contributed by atoms with Gasteiger partial charge in [0, 0.05) is 6.42 Å². The Morgan fingerprint density at radius 1 is 0.870 bits per heavy atom. The lowest BCUT2D eigenvalue weighted by molar-refractivity contribution is -0.0935. The fourth-order valence-corrected chi connectivity index (χ4v) is 2.40. The molecule has 0 aromatic heterocycles. The Bertz CT molecular complexity index is 706. The van der Waals surface area contributed by atoms with Crippen molar-refractivity contribution in [2.24, 2.45) is 0 Å². The molecule has 1 heterocycles. The highest BCUT2D eigenvalue weighted by atomic mass is 16.7. The summed E-state index contributed by atoms with van der Waals surface area (Å²) in [5.41, 5.74) is 1.83. The molecule has 0 N–H and O–H groups in total. The molecule has 0 spiro atoms. The van der Waals surface area contributed by atoms with Crippen molar-refractivity contribution in [1.82, 2.24) is 5.06 Å². The minimum atomic E-state index is -0.412. The van der Waals surface area contributed by atoms with Gasteiger partial charge in [-0.25, -0.2) is 0 Å². The number of hydrogen-bond donors (Lipinski definition) is 0. The first kappa shape index (κ1) is 15.2. The number of benzene rings is 2. The van der Waals surface area contributed by atoms with Crippen molar-refractivity contribution in [1.29, 1.82) is 0 Å². The van der Waals surface area contributed by atoms with Crippen molar-refractivity contribution >= 4 is 11.8 Å². The summed E-state index contributed by atoms with van der Waals surface area (Å²) in [5, 5.41) is 0.832. The van der Waals surface area contributed by atoms with Crippen molar-refractivity contribution in [3.05, 3.63) is 65.2 Å². The molecule has 118 valence electrons. The number of ether oxygens (including phenoxy) is 1. The molecule has 0 saturated heterocycles.